The summed E-state index contributed by atoms with van der Waals surface area (Å²) in [7, 11) is 0. The zero-order valence-corrected chi connectivity index (χ0v) is 26.7. The van der Waals surface area contributed by atoms with Gasteiger partial charge in [0.25, 0.3) is 0 Å². The van der Waals surface area contributed by atoms with Gasteiger partial charge in [0.15, 0.2) is 11.4 Å². The Balaban J connectivity index is 1.35. The minimum Gasteiger partial charge on any atom is -0.309 e. The van der Waals surface area contributed by atoms with Gasteiger partial charge >= 0.3 is 0 Å². The van der Waals surface area contributed by atoms with Gasteiger partial charge in [-0.1, -0.05) is 91.0 Å². The zero-order chi connectivity index (χ0) is 33.8. The van der Waals surface area contributed by atoms with Crippen molar-refractivity contribution in [2.75, 3.05) is 0 Å². The predicted molar refractivity (Wildman–Crippen MR) is 203 cm³/mol. The molecule has 0 aliphatic heterocycles. The van der Waals surface area contributed by atoms with Gasteiger partial charge in [0.2, 0.25) is 0 Å². The van der Waals surface area contributed by atoms with Crippen LogP contribution in [0.4, 0.5) is 11.4 Å². The van der Waals surface area contributed by atoms with Crippen molar-refractivity contribution < 1.29 is 0 Å². The van der Waals surface area contributed by atoms with Crippen LogP contribution in [0.1, 0.15) is 5.56 Å². The average molecular weight is 636 g/mol. The highest BCUT2D eigenvalue weighted by atomic mass is 15.0. The first-order valence-corrected chi connectivity index (χ1v) is 16.2. The van der Waals surface area contributed by atoms with Gasteiger partial charge in [0.1, 0.15) is 6.07 Å². The van der Waals surface area contributed by atoms with E-state index >= 15 is 0 Å². The number of benzene rings is 7. The Labute approximate surface area is 288 Å². The molecule has 0 saturated carbocycles. The van der Waals surface area contributed by atoms with Crippen molar-refractivity contribution in [2.24, 2.45) is 0 Å². The van der Waals surface area contributed by atoms with Crippen LogP contribution >= 0.6 is 0 Å². The molecule has 0 radical (unpaired) electrons. The third-order valence-electron chi connectivity index (χ3n) is 9.56. The molecule has 2 aromatic heterocycles. The molecule has 0 spiro atoms. The quantitative estimate of drug-likeness (QED) is 0.177. The Bertz CT molecular complexity index is 2830. The van der Waals surface area contributed by atoms with Gasteiger partial charge in [-0.05, 0) is 88.1 Å². The molecule has 7 aromatic carbocycles. The fraction of sp³-hybridized carbons (Fsp3) is 0. The minimum absolute atomic E-state index is 0.545. The molecule has 0 atom stereocenters. The fourth-order valence-corrected chi connectivity index (χ4v) is 7.38. The van der Waals surface area contributed by atoms with E-state index in [0.717, 1.165) is 77.2 Å². The molecule has 230 valence electrons. The van der Waals surface area contributed by atoms with Crippen LogP contribution in [0, 0.1) is 24.5 Å². The van der Waals surface area contributed by atoms with E-state index < -0.39 is 0 Å². The maximum atomic E-state index is 10.9. The highest BCUT2D eigenvalue weighted by Crippen LogP contribution is 2.41. The van der Waals surface area contributed by atoms with Crippen molar-refractivity contribution in [1.82, 2.24) is 9.13 Å². The van der Waals surface area contributed by atoms with Gasteiger partial charge in [0, 0.05) is 22.0 Å². The Hall–Kier alpha value is -7.39. The third kappa shape index (κ3) is 4.38. The van der Waals surface area contributed by atoms with E-state index in [9.17, 15) is 5.26 Å². The Kier molecular flexibility index (Phi) is 6.56. The number of para-hydroxylation sites is 2. The van der Waals surface area contributed by atoms with E-state index in [-0.39, 0.29) is 0 Å². The molecule has 0 saturated heterocycles. The lowest BCUT2D eigenvalue weighted by Gasteiger charge is -2.17. The topological polar surface area (TPSA) is 42.4 Å². The summed E-state index contributed by atoms with van der Waals surface area (Å²) in [6, 6.07) is 53.5. The summed E-state index contributed by atoms with van der Waals surface area (Å²) in [6.07, 6.45) is 0. The Morgan fingerprint density at radius 1 is 0.460 bits per heavy atom. The van der Waals surface area contributed by atoms with E-state index in [2.05, 4.69) is 91.6 Å². The summed E-state index contributed by atoms with van der Waals surface area (Å²) in [4.78, 5) is 7.39. The number of fused-ring (bicyclic) bond motifs is 6. The van der Waals surface area contributed by atoms with E-state index in [0.29, 0.717) is 16.9 Å². The standard InChI is InChI=1S/C45H25N5/c1-47-32-19-21-44-38(26-32)39-27-33(48-2)20-22-45(39)49(44)34-24-30(29-11-4-3-5-12-29)23-31(25-34)35-15-10-18-43(40(35)28-46)50-41-16-8-6-13-36(41)37-14-7-9-17-42(37)50/h3-27H. The second-order valence-electron chi connectivity index (χ2n) is 12.3. The van der Waals surface area contributed by atoms with Gasteiger partial charge in [-0.3, -0.25) is 0 Å². The number of nitrogens with zero attached hydrogens (tertiary/aromatic N) is 5. The predicted octanol–water partition coefficient (Wildman–Crippen LogP) is 12.2. The normalized spacial score (nSPS) is 11.1. The molecule has 0 amide bonds. The summed E-state index contributed by atoms with van der Waals surface area (Å²) in [5.74, 6) is 0. The third-order valence-corrected chi connectivity index (χ3v) is 9.56. The summed E-state index contributed by atoms with van der Waals surface area (Å²) in [5, 5.41) is 15.0. The van der Waals surface area contributed by atoms with Crippen molar-refractivity contribution >= 4 is 55.0 Å². The first-order chi connectivity index (χ1) is 24.7. The molecule has 0 aliphatic carbocycles. The van der Waals surface area contributed by atoms with Crippen LogP contribution in [0.15, 0.2) is 152 Å². The molecule has 0 unspecified atom stereocenters. The van der Waals surface area contributed by atoms with E-state index in [4.69, 9.17) is 13.1 Å². The van der Waals surface area contributed by atoms with Crippen LogP contribution in [0.25, 0.3) is 86.9 Å². The summed E-state index contributed by atoms with van der Waals surface area (Å²) in [5.41, 5.74) is 11.2. The lowest BCUT2D eigenvalue weighted by atomic mass is 9.94. The largest absolute Gasteiger partial charge is 0.309 e. The second kappa shape index (κ2) is 11.4. The lowest BCUT2D eigenvalue weighted by molar-refractivity contribution is 1.16. The molecule has 0 fully saturated rings. The molecule has 0 aliphatic rings. The van der Waals surface area contributed by atoms with Crippen LogP contribution in [0.3, 0.4) is 0 Å². The number of hydrogen-bond donors (Lipinski definition) is 0. The monoisotopic (exact) mass is 635 g/mol. The van der Waals surface area contributed by atoms with Crippen LogP contribution in [0.5, 0.6) is 0 Å². The van der Waals surface area contributed by atoms with Gasteiger partial charge in [-0.2, -0.15) is 5.26 Å². The molecule has 9 rings (SSSR count). The van der Waals surface area contributed by atoms with Gasteiger partial charge in [0.05, 0.1) is 46.5 Å². The van der Waals surface area contributed by atoms with Crippen molar-refractivity contribution in [3.63, 3.8) is 0 Å². The Morgan fingerprint density at radius 3 is 1.62 bits per heavy atom. The summed E-state index contributed by atoms with van der Waals surface area (Å²) < 4.78 is 4.40. The van der Waals surface area contributed by atoms with Crippen molar-refractivity contribution in [3.05, 3.63) is 180 Å². The average Bonchev–Trinajstić information content (AvgIpc) is 3.69. The highest BCUT2D eigenvalue weighted by molar-refractivity contribution is 6.12. The summed E-state index contributed by atoms with van der Waals surface area (Å²) >= 11 is 0. The molecule has 50 heavy (non-hydrogen) atoms. The van der Waals surface area contributed by atoms with E-state index in [1.165, 1.54) is 0 Å². The van der Waals surface area contributed by atoms with Crippen LogP contribution in [-0.4, -0.2) is 9.13 Å². The van der Waals surface area contributed by atoms with E-state index in [1.54, 1.807) is 0 Å². The fourth-order valence-electron chi connectivity index (χ4n) is 7.38. The van der Waals surface area contributed by atoms with Crippen LogP contribution in [-0.2, 0) is 0 Å². The van der Waals surface area contributed by atoms with E-state index in [1.807, 2.05) is 84.9 Å². The molecule has 5 heteroatoms. The maximum Gasteiger partial charge on any atom is 0.188 e. The molecular formula is C45H25N5. The molecule has 5 nitrogen and oxygen atoms in total. The number of hydrogen-bond acceptors (Lipinski definition) is 1. The molecule has 0 bridgehead atoms. The zero-order valence-electron chi connectivity index (χ0n) is 26.7. The smallest absolute Gasteiger partial charge is 0.188 e. The van der Waals surface area contributed by atoms with Gasteiger partial charge in [-0.15, -0.1) is 0 Å². The van der Waals surface area contributed by atoms with Crippen molar-refractivity contribution in [2.45, 2.75) is 0 Å². The number of aromatic nitrogens is 2. The lowest BCUT2D eigenvalue weighted by Crippen LogP contribution is -2.00. The minimum atomic E-state index is 0.545. The number of rotatable bonds is 4. The van der Waals surface area contributed by atoms with Crippen molar-refractivity contribution in [1.29, 1.82) is 5.26 Å². The second-order valence-corrected chi connectivity index (χ2v) is 12.3. The Morgan fingerprint density at radius 2 is 1.02 bits per heavy atom. The van der Waals surface area contributed by atoms with Crippen LogP contribution < -0.4 is 0 Å². The SMILES string of the molecule is [C-]#[N+]c1ccc2c(c1)c1cc([N+]#[C-])ccc1n2-c1cc(-c2ccccc2)cc(-c2cccc(-n3c4ccccc4c4ccccc43)c2C#N)c1. The molecule has 9 aromatic rings. The van der Waals surface area contributed by atoms with Gasteiger partial charge < -0.3 is 9.13 Å². The summed E-state index contributed by atoms with van der Waals surface area (Å²) in [6.45, 7) is 15.3. The van der Waals surface area contributed by atoms with Gasteiger partial charge in [-0.25, -0.2) is 9.69 Å². The van der Waals surface area contributed by atoms with Crippen molar-refractivity contribution in [3.8, 4) is 39.7 Å². The molecular weight excluding hydrogens is 611 g/mol. The first-order valence-electron chi connectivity index (χ1n) is 16.2. The molecule has 2 heterocycles. The number of nitriles is 1. The molecule has 0 N–H and O–H groups in total. The first kappa shape index (κ1) is 28.8. The maximum absolute atomic E-state index is 10.9. The highest BCUT2D eigenvalue weighted by Gasteiger charge is 2.20. The van der Waals surface area contributed by atoms with Crippen LogP contribution in [0.2, 0.25) is 0 Å².